The molecule has 1 aliphatic rings. The molecule has 1 heterocycles. The van der Waals surface area contributed by atoms with Crippen LogP contribution in [0.2, 0.25) is 0 Å². The number of hydrogen-bond acceptors (Lipinski definition) is 5. The molecule has 2 N–H and O–H groups in total. The van der Waals surface area contributed by atoms with Crippen molar-refractivity contribution in [2.24, 2.45) is 0 Å². The number of urea groups is 1. The highest BCUT2D eigenvalue weighted by Crippen LogP contribution is 2.27. The van der Waals surface area contributed by atoms with Crippen molar-refractivity contribution < 1.29 is 23.9 Å². The monoisotopic (exact) mass is 313 g/mol. The van der Waals surface area contributed by atoms with Gasteiger partial charge in [-0.05, 0) is 19.8 Å². The van der Waals surface area contributed by atoms with Crippen LogP contribution in [0.25, 0.3) is 0 Å². The Bertz CT molecular complexity index is 457. The van der Waals surface area contributed by atoms with Crippen LogP contribution in [-0.2, 0) is 14.3 Å². The number of alkyl carbamates (subject to hydrolysis) is 1. The predicted octanol–water partition coefficient (Wildman–Crippen LogP) is 1.15. The summed E-state index contributed by atoms with van der Waals surface area (Å²) in [6.07, 6.45) is 1.60. The highest BCUT2D eigenvalue weighted by Gasteiger charge is 2.50. The molecular formula is C14H23N3O5. The van der Waals surface area contributed by atoms with Crippen molar-refractivity contribution in [3.05, 3.63) is 0 Å². The van der Waals surface area contributed by atoms with E-state index in [1.807, 2.05) is 19.2 Å². The molecule has 1 fully saturated rings. The lowest BCUT2D eigenvalue weighted by atomic mass is 9.88. The maximum absolute atomic E-state index is 12.5. The molecule has 0 bridgehead atoms. The topological polar surface area (TPSA) is 105 Å². The molecule has 1 rings (SSSR count). The molecular weight excluding hydrogens is 290 g/mol. The molecule has 0 radical (unpaired) electrons. The van der Waals surface area contributed by atoms with Crippen LogP contribution in [0.15, 0.2) is 0 Å². The second-order valence-corrected chi connectivity index (χ2v) is 5.17. The van der Waals surface area contributed by atoms with Gasteiger partial charge in [-0.2, -0.15) is 0 Å². The number of rotatable bonds is 7. The fourth-order valence-electron chi connectivity index (χ4n) is 2.60. The zero-order valence-electron chi connectivity index (χ0n) is 13.2. The third-order valence-electron chi connectivity index (χ3n) is 3.42. The number of carbonyl (C=O) groups is 4. The molecule has 0 unspecified atom stereocenters. The molecule has 1 aliphatic heterocycles. The van der Waals surface area contributed by atoms with Crippen LogP contribution in [0, 0.1) is 0 Å². The van der Waals surface area contributed by atoms with Crippen molar-refractivity contribution in [2.75, 3.05) is 13.2 Å². The van der Waals surface area contributed by atoms with E-state index in [0.29, 0.717) is 12.8 Å². The van der Waals surface area contributed by atoms with Gasteiger partial charge in [-0.15, -0.1) is 0 Å². The third-order valence-corrected chi connectivity index (χ3v) is 3.42. The fraction of sp³-hybridized carbons (Fsp3) is 0.714. The average molecular weight is 313 g/mol. The minimum Gasteiger partial charge on any atom is -0.450 e. The molecule has 0 aromatic carbocycles. The van der Waals surface area contributed by atoms with Crippen LogP contribution in [0.4, 0.5) is 9.59 Å². The zero-order chi connectivity index (χ0) is 16.8. The summed E-state index contributed by atoms with van der Waals surface area (Å²) < 4.78 is 4.57. The highest BCUT2D eigenvalue weighted by atomic mass is 16.5. The van der Waals surface area contributed by atoms with Crippen LogP contribution >= 0.6 is 0 Å². The van der Waals surface area contributed by atoms with Gasteiger partial charge in [0.2, 0.25) is 5.91 Å². The first-order chi connectivity index (χ1) is 10.4. The molecule has 0 atom stereocenters. The second kappa shape index (κ2) is 7.77. The van der Waals surface area contributed by atoms with Gasteiger partial charge in [0.25, 0.3) is 5.91 Å². The van der Waals surface area contributed by atoms with Crippen LogP contribution in [0.5, 0.6) is 0 Å². The molecule has 0 aromatic heterocycles. The van der Waals surface area contributed by atoms with Crippen molar-refractivity contribution >= 4 is 23.9 Å². The van der Waals surface area contributed by atoms with Gasteiger partial charge in [0.1, 0.15) is 12.1 Å². The molecule has 8 heteroatoms. The lowest BCUT2D eigenvalue weighted by molar-refractivity contribution is -0.135. The fourth-order valence-corrected chi connectivity index (χ4v) is 2.60. The van der Waals surface area contributed by atoms with Crippen LogP contribution in [-0.4, -0.2) is 47.5 Å². The van der Waals surface area contributed by atoms with Gasteiger partial charge in [0, 0.05) is 0 Å². The van der Waals surface area contributed by atoms with Gasteiger partial charge in [-0.1, -0.05) is 26.7 Å². The Balaban J connectivity index is 2.75. The van der Waals surface area contributed by atoms with E-state index in [1.54, 1.807) is 6.92 Å². The van der Waals surface area contributed by atoms with E-state index in [2.05, 4.69) is 10.1 Å². The van der Waals surface area contributed by atoms with Gasteiger partial charge in [-0.25, -0.2) is 9.59 Å². The van der Waals surface area contributed by atoms with Gasteiger partial charge < -0.3 is 10.1 Å². The first-order valence-electron chi connectivity index (χ1n) is 7.50. The van der Waals surface area contributed by atoms with E-state index in [4.69, 9.17) is 0 Å². The Kier molecular flexibility index (Phi) is 6.33. The summed E-state index contributed by atoms with van der Waals surface area (Å²) in [5, 5.41) is 4.66. The number of hydrogen-bond donors (Lipinski definition) is 2. The van der Waals surface area contributed by atoms with Crippen molar-refractivity contribution in [3.63, 3.8) is 0 Å². The average Bonchev–Trinajstić information content (AvgIpc) is 2.64. The molecule has 1 saturated heterocycles. The number of amides is 5. The first kappa shape index (κ1) is 17.9. The Morgan fingerprint density at radius 2 is 1.77 bits per heavy atom. The van der Waals surface area contributed by atoms with Crippen LogP contribution in [0.3, 0.4) is 0 Å². The number of carbonyl (C=O) groups excluding carboxylic acids is 4. The zero-order valence-corrected chi connectivity index (χ0v) is 13.2. The second-order valence-electron chi connectivity index (χ2n) is 5.17. The molecule has 124 valence electrons. The van der Waals surface area contributed by atoms with Crippen molar-refractivity contribution in [1.29, 1.82) is 0 Å². The standard InChI is InChI=1S/C14H23N3O5/c1-4-7-14(8-5-2)11(19)17(12(20)16-14)9-10(18)15-13(21)22-6-3/h4-9H2,1-3H3,(H,16,20)(H,15,18,21). The SMILES string of the molecule is CCCC1(CCC)NC(=O)N(CC(=O)NC(=O)OCC)C1=O. The Labute approximate surface area is 129 Å². The minimum absolute atomic E-state index is 0.123. The first-order valence-corrected chi connectivity index (χ1v) is 7.50. The van der Waals surface area contributed by atoms with E-state index in [1.165, 1.54) is 0 Å². The van der Waals surface area contributed by atoms with Crippen molar-refractivity contribution in [3.8, 4) is 0 Å². The molecule has 5 amide bonds. The molecule has 8 nitrogen and oxygen atoms in total. The van der Waals surface area contributed by atoms with E-state index >= 15 is 0 Å². The van der Waals surface area contributed by atoms with E-state index in [9.17, 15) is 19.2 Å². The lowest BCUT2D eigenvalue weighted by Crippen LogP contribution is -2.47. The number of nitrogens with zero attached hydrogens (tertiary/aromatic N) is 1. The van der Waals surface area contributed by atoms with Crippen LogP contribution < -0.4 is 10.6 Å². The van der Waals surface area contributed by atoms with Crippen molar-refractivity contribution in [2.45, 2.75) is 52.0 Å². The molecule has 0 aromatic rings. The molecule has 0 spiro atoms. The maximum Gasteiger partial charge on any atom is 0.413 e. The van der Waals surface area contributed by atoms with E-state index < -0.39 is 36.0 Å². The molecule has 22 heavy (non-hydrogen) atoms. The molecule has 0 saturated carbocycles. The number of imide groups is 2. The van der Waals surface area contributed by atoms with Gasteiger partial charge in [0.15, 0.2) is 0 Å². The molecule has 0 aliphatic carbocycles. The summed E-state index contributed by atoms with van der Waals surface area (Å²) in [6, 6.07) is -0.606. The quantitative estimate of drug-likeness (QED) is 0.686. The minimum atomic E-state index is -0.940. The van der Waals surface area contributed by atoms with E-state index in [0.717, 1.165) is 17.7 Å². The Morgan fingerprint density at radius 1 is 1.18 bits per heavy atom. The van der Waals surface area contributed by atoms with Crippen LogP contribution in [0.1, 0.15) is 46.5 Å². The summed E-state index contributed by atoms with van der Waals surface area (Å²) in [5.74, 6) is -1.18. The maximum atomic E-state index is 12.5. The predicted molar refractivity (Wildman–Crippen MR) is 78.0 cm³/mol. The van der Waals surface area contributed by atoms with Crippen molar-refractivity contribution in [1.82, 2.24) is 15.5 Å². The number of nitrogens with one attached hydrogen (secondary N) is 2. The van der Waals surface area contributed by atoms with Gasteiger partial charge >= 0.3 is 12.1 Å². The summed E-state index contributed by atoms with van der Waals surface area (Å²) >= 11 is 0. The Hall–Kier alpha value is -2.12. The lowest BCUT2D eigenvalue weighted by Gasteiger charge is -2.25. The summed E-state index contributed by atoms with van der Waals surface area (Å²) in [6.45, 7) is 5.07. The van der Waals surface area contributed by atoms with Gasteiger partial charge in [-0.3, -0.25) is 19.8 Å². The largest absolute Gasteiger partial charge is 0.450 e. The third kappa shape index (κ3) is 3.96. The normalized spacial score (nSPS) is 16.4. The number of ether oxygens (including phenoxy) is 1. The van der Waals surface area contributed by atoms with E-state index in [-0.39, 0.29) is 6.61 Å². The Morgan fingerprint density at radius 3 is 2.27 bits per heavy atom. The summed E-state index contributed by atoms with van der Waals surface area (Å²) in [7, 11) is 0. The summed E-state index contributed by atoms with van der Waals surface area (Å²) in [5.41, 5.74) is -0.940. The highest BCUT2D eigenvalue weighted by molar-refractivity contribution is 6.09. The van der Waals surface area contributed by atoms with Gasteiger partial charge in [0.05, 0.1) is 6.61 Å². The smallest absolute Gasteiger partial charge is 0.413 e. The summed E-state index contributed by atoms with van der Waals surface area (Å²) in [4.78, 5) is 48.2.